The van der Waals surface area contributed by atoms with Crippen molar-refractivity contribution in [3.8, 4) is 0 Å². The van der Waals surface area contributed by atoms with Crippen molar-refractivity contribution in [2.24, 2.45) is 5.73 Å². The van der Waals surface area contributed by atoms with E-state index in [0.717, 1.165) is 24.3 Å². The quantitative estimate of drug-likeness (QED) is 0.819. The van der Waals surface area contributed by atoms with Gasteiger partial charge in [0.25, 0.3) is 0 Å². The van der Waals surface area contributed by atoms with E-state index in [4.69, 9.17) is 5.73 Å². The molecular weight excluding hydrogens is 246 g/mol. The molecule has 0 aliphatic carbocycles. The largest absolute Gasteiger partial charge is 0.320 e. The van der Waals surface area contributed by atoms with Crippen LogP contribution in [0.15, 0.2) is 36.4 Å². The Morgan fingerprint density at radius 3 is 1.89 bits per heavy atom. The highest BCUT2D eigenvalue weighted by Crippen LogP contribution is 2.22. The lowest BCUT2D eigenvalue weighted by atomic mass is 9.99. The molecule has 2 aromatic carbocycles. The monoisotopic (exact) mass is 255 g/mol. The van der Waals surface area contributed by atoms with Crippen molar-refractivity contribution in [2.45, 2.75) is 6.04 Å². The van der Waals surface area contributed by atoms with Gasteiger partial charge in [0.05, 0.1) is 6.04 Å². The molecule has 0 aliphatic heterocycles. The first-order valence-electron chi connectivity index (χ1n) is 5.14. The zero-order valence-electron chi connectivity index (χ0n) is 9.13. The molecule has 0 bridgehead atoms. The minimum absolute atomic E-state index is 0.151. The van der Waals surface area contributed by atoms with Crippen LogP contribution in [-0.4, -0.2) is 0 Å². The van der Waals surface area contributed by atoms with E-state index in [2.05, 4.69) is 0 Å². The molecule has 0 spiro atoms. The van der Waals surface area contributed by atoms with Crippen molar-refractivity contribution in [1.82, 2.24) is 0 Å². The molecule has 0 amide bonds. The molecule has 2 N–H and O–H groups in total. The van der Waals surface area contributed by atoms with Crippen LogP contribution in [0.5, 0.6) is 0 Å². The number of hydrogen-bond acceptors (Lipinski definition) is 1. The highest BCUT2D eigenvalue weighted by atomic mass is 19.2. The Morgan fingerprint density at radius 2 is 1.33 bits per heavy atom. The fourth-order valence-corrected chi connectivity index (χ4v) is 1.65. The van der Waals surface area contributed by atoms with E-state index in [0.29, 0.717) is 6.07 Å². The predicted molar refractivity (Wildman–Crippen MR) is 58.7 cm³/mol. The zero-order valence-corrected chi connectivity index (χ0v) is 9.13. The summed E-state index contributed by atoms with van der Waals surface area (Å²) in [4.78, 5) is 0. The van der Waals surface area contributed by atoms with Crippen molar-refractivity contribution in [3.05, 3.63) is 70.8 Å². The van der Waals surface area contributed by atoms with Crippen molar-refractivity contribution >= 4 is 0 Å². The SMILES string of the molecule is NC(c1cc(F)cc(F)c1)c1ccc(F)c(F)c1. The molecule has 0 radical (unpaired) electrons. The summed E-state index contributed by atoms with van der Waals surface area (Å²) in [7, 11) is 0. The van der Waals surface area contributed by atoms with Gasteiger partial charge in [-0.25, -0.2) is 17.6 Å². The Kier molecular flexibility index (Phi) is 3.34. The summed E-state index contributed by atoms with van der Waals surface area (Å²) in [5.74, 6) is -3.61. The summed E-state index contributed by atoms with van der Waals surface area (Å²) >= 11 is 0. The summed E-state index contributed by atoms with van der Waals surface area (Å²) in [5, 5.41) is 0. The van der Waals surface area contributed by atoms with Crippen molar-refractivity contribution < 1.29 is 17.6 Å². The Balaban J connectivity index is 2.40. The normalized spacial score (nSPS) is 12.5. The molecule has 0 aliphatic rings. The predicted octanol–water partition coefficient (Wildman–Crippen LogP) is 3.29. The van der Waals surface area contributed by atoms with E-state index in [1.807, 2.05) is 0 Å². The molecule has 5 heteroatoms. The molecule has 0 aromatic heterocycles. The lowest BCUT2D eigenvalue weighted by Gasteiger charge is -2.13. The highest BCUT2D eigenvalue weighted by Gasteiger charge is 2.13. The summed E-state index contributed by atoms with van der Waals surface area (Å²) in [6, 6.07) is 4.98. The summed E-state index contributed by atoms with van der Waals surface area (Å²) < 4.78 is 51.8. The summed E-state index contributed by atoms with van der Waals surface area (Å²) in [5.41, 5.74) is 6.14. The van der Waals surface area contributed by atoms with Gasteiger partial charge in [-0.1, -0.05) is 6.07 Å². The molecule has 1 nitrogen and oxygen atoms in total. The molecule has 94 valence electrons. The highest BCUT2D eigenvalue weighted by molar-refractivity contribution is 5.32. The Hall–Kier alpha value is -1.88. The first-order chi connectivity index (χ1) is 8.47. The minimum atomic E-state index is -1.06. The van der Waals surface area contributed by atoms with E-state index in [1.165, 1.54) is 6.07 Å². The van der Waals surface area contributed by atoms with Crippen molar-refractivity contribution in [2.75, 3.05) is 0 Å². The second-order valence-corrected chi connectivity index (χ2v) is 3.85. The van der Waals surface area contributed by atoms with Crippen molar-refractivity contribution in [3.63, 3.8) is 0 Å². The van der Waals surface area contributed by atoms with Gasteiger partial charge in [-0.3, -0.25) is 0 Å². The third kappa shape index (κ3) is 2.51. The number of benzene rings is 2. The van der Waals surface area contributed by atoms with Gasteiger partial charge in [-0.05, 0) is 35.4 Å². The molecule has 2 aromatic rings. The van der Waals surface area contributed by atoms with Gasteiger partial charge in [0.1, 0.15) is 11.6 Å². The van der Waals surface area contributed by atoms with Crippen LogP contribution in [0.1, 0.15) is 17.2 Å². The van der Waals surface area contributed by atoms with Crippen LogP contribution in [0.3, 0.4) is 0 Å². The zero-order chi connectivity index (χ0) is 13.3. The number of nitrogens with two attached hydrogens (primary N) is 1. The van der Waals surface area contributed by atoms with Gasteiger partial charge in [0.2, 0.25) is 0 Å². The maximum absolute atomic E-state index is 13.0. The van der Waals surface area contributed by atoms with E-state index >= 15 is 0 Å². The average molecular weight is 255 g/mol. The second-order valence-electron chi connectivity index (χ2n) is 3.85. The smallest absolute Gasteiger partial charge is 0.159 e. The van der Waals surface area contributed by atoms with Crippen LogP contribution in [0.2, 0.25) is 0 Å². The van der Waals surface area contributed by atoms with Crippen LogP contribution in [0.25, 0.3) is 0 Å². The standard InChI is InChI=1S/C13H9F4N/c14-9-3-8(4-10(15)6-9)13(18)7-1-2-11(16)12(17)5-7/h1-6,13H,18H2. The molecule has 0 saturated heterocycles. The molecule has 1 atom stereocenters. The third-order valence-electron chi connectivity index (χ3n) is 2.55. The number of rotatable bonds is 2. The van der Waals surface area contributed by atoms with E-state index in [9.17, 15) is 17.6 Å². The van der Waals surface area contributed by atoms with Crippen molar-refractivity contribution in [1.29, 1.82) is 0 Å². The lowest BCUT2D eigenvalue weighted by Crippen LogP contribution is -2.13. The molecular formula is C13H9F4N. The average Bonchev–Trinajstić information content (AvgIpc) is 2.30. The van der Waals surface area contributed by atoms with Crippen LogP contribution >= 0.6 is 0 Å². The fraction of sp³-hybridized carbons (Fsp3) is 0.0769. The number of hydrogen-bond donors (Lipinski definition) is 1. The van der Waals surface area contributed by atoms with Crippen LogP contribution in [0, 0.1) is 23.3 Å². The van der Waals surface area contributed by atoms with E-state index < -0.39 is 29.3 Å². The summed E-state index contributed by atoms with van der Waals surface area (Å²) in [6.45, 7) is 0. The Labute approximate surface area is 101 Å². The third-order valence-corrected chi connectivity index (χ3v) is 2.55. The van der Waals surface area contributed by atoms with Gasteiger partial charge in [0.15, 0.2) is 11.6 Å². The van der Waals surface area contributed by atoms with Gasteiger partial charge < -0.3 is 5.73 Å². The molecule has 1 unspecified atom stereocenters. The van der Waals surface area contributed by atoms with Gasteiger partial charge >= 0.3 is 0 Å². The Morgan fingerprint density at radius 1 is 0.722 bits per heavy atom. The lowest BCUT2D eigenvalue weighted by molar-refractivity contribution is 0.506. The first kappa shape index (κ1) is 12.6. The minimum Gasteiger partial charge on any atom is -0.320 e. The Bertz CT molecular complexity index is 563. The fourth-order valence-electron chi connectivity index (χ4n) is 1.65. The molecule has 0 fully saturated rings. The maximum Gasteiger partial charge on any atom is 0.159 e. The molecule has 0 heterocycles. The maximum atomic E-state index is 13.0. The van der Waals surface area contributed by atoms with Crippen LogP contribution in [-0.2, 0) is 0 Å². The molecule has 18 heavy (non-hydrogen) atoms. The second kappa shape index (κ2) is 4.78. The van der Waals surface area contributed by atoms with E-state index in [1.54, 1.807) is 0 Å². The first-order valence-corrected chi connectivity index (χ1v) is 5.14. The number of halogens is 4. The van der Waals surface area contributed by atoms with Gasteiger partial charge in [0, 0.05) is 6.07 Å². The van der Waals surface area contributed by atoms with Crippen LogP contribution in [0.4, 0.5) is 17.6 Å². The molecule has 0 saturated carbocycles. The van der Waals surface area contributed by atoms with E-state index in [-0.39, 0.29) is 11.1 Å². The topological polar surface area (TPSA) is 26.0 Å². The molecule has 2 rings (SSSR count). The van der Waals surface area contributed by atoms with Crippen LogP contribution < -0.4 is 5.73 Å². The van der Waals surface area contributed by atoms with Gasteiger partial charge in [-0.15, -0.1) is 0 Å². The van der Waals surface area contributed by atoms with Gasteiger partial charge in [-0.2, -0.15) is 0 Å². The summed E-state index contributed by atoms with van der Waals surface area (Å²) in [6.07, 6.45) is 0.